The number of amides is 1. The van der Waals surface area contributed by atoms with Crippen LogP contribution in [0.25, 0.3) is 0 Å². The molecule has 0 saturated carbocycles. The van der Waals surface area contributed by atoms with E-state index >= 15 is 0 Å². The van der Waals surface area contributed by atoms with Gasteiger partial charge in [-0.2, -0.15) is 0 Å². The van der Waals surface area contributed by atoms with E-state index in [9.17, 15) is 4.79 Å². The Labute approximate surface area is 101 Å². The highest BCUT2D eigenvalue weighted by atomic mass is 35.5. The Morgan fingerprint density at radius 2 is 2.06 bits per heavy atom. The molecule has 86 valence electrons. The van der Waals surface area contributed by atoms with Crippen LogP contribution in [-0.4, -0.2) is 11.9 Å². The van der Waals surface area contributed by atoms with Crippen molar-refractivity contribution in [3.63, 3.8) is 0 Å². The molecule has 0 radical (unpaired) electrons. The number of nitrogens with one attached hydrogen (secondary N) is 1. The smallest absolute Gasteiger partial charge is 0.243 e. The van der Waals surface area contributed by atoms with Crippen LogP contribution in [0.15, 0.2) is 36.4 Å². The van der Waals surface area contributed by atoms with Crippen molar-refractivity contribution in [1.82, 2.24) is 5.32 Å². The molecule has 0 aliphatic rings. The second-order valence-corrected chi connectivity index (χ2v) is 4.18. The van der Waals surface area contributed by atoms with E-state index in [2.05, 4.69) is 5.32 Å². The van der Waals surface area contributed by atoms with Gasteiger partial charge in [0.05, 0.1) is 0 Å². The van der Waals surface area contributed by atoms with Crippen LogP contribution in [0.5, 0.6) is 0 Å². The molecule has 0 spiro atoms. The van der Waals surface area contributed by atoms with E-state index in [-0.39, 0.29) is 11.9 Å². The third-order valence-electron chi connectivity index (χ3n) is 2.16. The van der Waals surface area contributed by atoms with Gasteiger partial charge >= 0.3 is 0 Å². The van der Waals surface area contributed by atoms with Crippen LogP contribution in [0.3, 0.4) is 0 Å². The molecule has 0 bridgehead atoms. The first-order valence-electron chi connectivity index (χ1n) is 5.29. The first-order valence-corrected chi connectivity index (χ1v) is 5.67. The minimum atomic E-state index is -0.0519. The lowest BCUT2D eigenvalue weighted by Crippen LogP contribution is -2.32. The minimum Gasteiger partial charge on any atom is -0.350 e. The Hall–Kier alpha value is -1.28. The van der Waals surface area contributed by atoms with Crippen molar-refractivity contribution in [2.75, 3.05) is 0 Å². The van der Waals surface area contributed by atoms with Crippen molar-refractivity contribution in [2.24, 2.45) is 0 Å². The van der Waals surface area contributed by atoms with E-state index in [1.807, 2.05) is 38.1 Å². The van der Waals surface area contributed by atoms with Gasteiger partial charge in [-0.3, -0.25) is 4.79 Å². The Kier molecular flexibility index (Phi) is 5.06. The van der Waals surface area contributed by atoms with Crippen molar-refractivity contribution >= 4 is 17.5 Å². The molecule has 3 heteroatoms. The molecule has 1 aromatic rings. The first kappa shape index (κ1) is 12.8. The van der Waals surface area contributed by atoms with Gasteiger partial charge in [-0.05, 0) is 44.0 Å². The number of hydrogen-bond donors (Lipinski definition) is 1. The van der Waals surface area contributed by atoms with Crippen molar-refractivity contribution in [1.29, 1.82) is 0 Å². The van der Waals surface area contributed by atoms with Crippen LogP contribution in [0, 0.1) is 0 Å². The molecular formula is C13H16ClNO. The summed E-state index contributed by atoms with van der Waals surface area (Å²) in [6, 6.07) is 7.78. The molecule has 0 aromatic heterocycles. The fraction of sp³-hybridized carbons (Fsp3) is 0.308. The predicted octanol–water partition coefficient (Wildman–Crippen LogP) is 2.96. The average Bonchev–Trinajstić information content (AvgIpc) is 2.21. The van der Waals surface area contributed by atoms with Crippen LogP contribution in [0.1, 0.15) is 19.4 Å². The van der Waals surface area contributed by atoms with Gasteiger partial charge in [-0.15, -0.1) is 0 Å². The topological polar surface area (TPSA) is 29.1 Å². The molecule has 1 aromatic carbocycles. The van der Waals surface area contributed by atoms with Crippen molar-refractivity contribution in [3.05, 3.63) is 47.0 Å². The lowest BCUT2D eigenvalue weighted by molar-refractivity contribution is -0.117. The fourth-order valence-electron chi connectivity index (χ4n) is 1.47. The molecule has 1 rings (SSSR count). The van der Waals surface area contributed by atoms with Crippen molar-refractivity contribution in [2.45, 2.75) is 26.3 Å². The number of carbonyl (C=O) groups is 1. The largest absolute Gasteiger partial charge is 0.350 e. The van der Waals surface area contributed by atoms with Gasteiger partial charge in [-0.25, -0.2) is 0 Å². The molecule has 0 heterocycles. The molecular weight excluding hydrogens is 222 g/mol. The highest BCUT2D eigenvalue weighted by Gasteiger charge is 2.05. The van der Waals surface area contributed by atoms with E-state index < -0.39 is 0 Å². The SMILES string of the molecule is CC=CC(=O)NC(C)Cc1ccc(Cl)cc1. The molecule has 0 saturated heterocycles. The zero-order valence-corrected chi connectivity index (χ0v) is 10.3. The molecule has 0 aliphatic heterocycles. The normalized spacial score (nSPS) is 12.7. The Bertz CT molecular complexity index is 370. The second kappa shape index (κ2) is 6.33. The van der Waals surface area contributed by atoms with Gasteiger partial charge in [0.2, 0.25) is 5.91 Å². The quantitative estimate of drug-likeness (QED) is 0.802. The average molecular weight is 238 g/mol. The number of carbonyl (C=O) groups excluding carboxylic acids is 1. The molecule has 1 amide bonds. The number of benzene rings is 1. The zero-order chi connectivity index (χ0) is 12.0. The maximum Gasteiger partial charge on any atom is 0.243 e. The summed E-state index contributed by atoms with van der Waals surface area (Å²) < 4.78 is 0. The number of halogens is 1. The fourth-order valence-corrected chi connectivity index (χ4v) is 1.59. The van der Waals surface area contributed by atoms with Gasteiger partial charge in [-0.1, -0.05) is 29.8 Å². The molecule has 1 atom stereocenters. The van der Waals surface area contributed by atoms with Gasteiger partial charge in [0.1, 0.15) is 0 Å². The number of allylic oxidation sites excluding steroid dienone is 1. The summed E-state index contributed by atoms with van der Waals surface area (Å²) in [5.74, 6) is -0.0519. The monoisotopic (exact) mass is 237 g/mol. The predicted molar refractivity (Wildman–Crippen MR) is 67.6 cm³/mol. The lowest BCUT2D eigenvalue weighted by atomic mass is 10.1. The summed E-state index contributed by atoms with van der Waals surface area (Å²) in [5.41, 5.74) is 1.16. The molecule has 1 unspecified atom stereocenters. The zero-order valence-electron chi connectivity index (χ0n) is 9.53. The van der Waals surface area contributed by atoms with Crippen molar-refractivity contribution < 1.29 is 4.79 Å². The summed E-state index contributed by atoms with van der Waals surface area (Å²) in [7, 11) is 0. The van der Waals surface area contributed by atoms with Gasteiger partial charge in [0.25, 0.3) is 0 Å². The maximum atomic E-state index is 11.3. The summed E-state index contributed by atoms with van der Waals surface area (Å²) >= 11 is 5.79. The van der Waals surface area contributed by atoms with E-state index in [1.165, 1.54) is 6.08 Å². The van der Waals surface area contributed by atoms with Crippen LogP contribution >= 0.6 is 11.6 Å². The third-order valence-corrected chi connectivity index (χ3v) is 2.41. The highest BCUT2D eigenvalue weighted by Crippen LogP contribution is 2.10. The van der Waals surface area contributed by atoms with Gasteiger partial charge in [0.15, 0.2) is 0 Å². The van der Waals surface area contributed by atoms with Crippen molar-refractivity contribution in [3.8, 4) is 0 Å². The van der Waals surface area contributed by atoms with Crippen LogP contribution < -0.4 is 5.32 Å². The minimum absolute atomic E-state index is 0.0519. The standard InChI is InChI=1S/C13H16ClNO/c1-3-4-13(16)15-10(2)9-11-5-7-12(14)8-6-11/h3-8,10H,9H2,1-2H3,(H,15,16). The van der Waals surface area contributed by atoms with E-state index in [1.54, 1.807) is 6.08 Å². The first-order chi connectivity index (χ1) is 7.61. The van der Waals surface area contributed by atoms with E-state index in [0.717, 1.165) is 17.0 Å². The van der Waals surface area contributed by atoms with E-state index in [0.29, 0.717) is 0 Å². The molecule has 0 fully saturated rings. The summed E-state index contributed by atoms with van der Waals surface area (Å²) in [4.78, 5) is 11.3. The van der Waals surface area contributed by atoms with Gasteiger partial charge < -0.3 is 5.32 Å². The Morgan fingerprint density at radius 3 is 2.62 bits per heavy atom. The molecule has 0 aliphatic carbocycles. The summed E-state index contributed by atoms with van der Waals surface area (Å²) in [6.07, 6.45) is 4.06. The molecule has 16 heavy (non-hydrogen) atoms. The van der Waals surface area contributed by atoms with E-state index in [4.69, 9.17) is 11.6 Å². The molecule has 2 nitrogen and oxygen atoms in total. The molecule has 1 N–H and O–H groups in total. The number of rotatable bonds is 4. The third kappa shape index (κ3) is 4.49. The maximum absolute atomic E-state index is 11.3. The van der Waals surface area contributed by atoms with Gasteiger partial charge in [0, 0.05) is 11.1 Å². The lowest BCUT2D eigenvalue weighted by Gasteiger charge is -2.12. The van der Waals surface area contributed by atoms with Crippen LogP contribution in [0.4, 0.5) is 0 Å². The summed E-state index contributed by atoms with van der Waals surface area (Å²) in [6.45, 7) is 3.81. The second-order valence-electron chi connectivity index (χ2n) is 3.74. The summed E-state index contributed by atoms with van der Waals surface area (Å²) in [5, 5.41) is 3.62. The van der Waals surface area contributed by atoms with Crippen LogP contribution in [-0.2, 0) is 11.2 Å². The Morgan fingerprint density at radius 1 is 1.44 bits per heavy atom. The highest BCUT2D eigenvalue weighted by molar-refractivity contribution is 6.30. The number of hydrogen-bond acceptors (Lipinski definition) is 1. The Balaban J connectivity index is 2.48. The van der Waals surface area contributed by atoms with Crippen LogP contribution in [0.2, 0.25) is 5.02 Å².